The molecule has 3 aliphatic carbocycles. The van der Waals surface area contributed by atoms with E-state index in [-0.39, 0.29) is 36.3 Å². The molecule has 0 bridgehead atoms. The third kappa shape index (κ3) is 2.87. The van der Waals surface area contributed by atoms with Crippen molar-refractivity contribution < 1.29 is 34.0 Å². The van der Waals surface area contributed by atoms with Gasteiger partial charge in [-0.3, -0.25) is 9.59 Å². The van der Waals surface area contributed by atoms with E-state index in [2.05, 4.69) is 0 Å². The standard InChI is InChI=1S/C22H30O7/c23-19(24)21(7-11-1-3-13-15(5-11)27-13)9-17-18(29-17)10-22(21,20(25)26)8-12-2-4-14-16(6-12)28-14/h11-18H,1-10H2,(H,23,24)(H,25,26). The topological polar surface area (TPSA) is 112 Å². The zero-order valence-electron chi connectivity index (χ0n) is 16.6. The number of carboxylic acids is 2. The van der Waals surface area contributed by atoms with Crippen LogP contribution in [0, 0.1) is 22.7 Å². The second kappa shape index (κ2) is 6.17. The lowest BCUT2D eigenvalue weighted by molar-refractivity contribution is -0.184. The van der Waals surface area contributed by atoms with Crippen molar-refractivity contribution in [2.24, 2.45) is 22.7 Å². The lowest BCUT2D eigenvalue weighted by Gasteiger charge is -2.50. The van der Waals surface area contributed by atoms with E-state index in [1.54, 1.807) is 0 Å². The molecular weight excluding hydrogens is 376 g/mol. The fourth-order valence-electron chi connectivity index (χ4n) is 7.26. The Hall–Kier alpha value is -1.18. The molecule has 7 heteroatoms. The summed E-state index contributed by atoms with van der Waals surface area (Å²) in [6, 6.07) is 0. The maximum absolute atomic E-state index is 12.9. The Kier molecular flexibility index (Phi) is 3.95. The van der Waals surface area contributed by atoms with E-state index in [4.69, 9.17) is 14.2 Å². The molecule has 3 saturated heterocycles. The van der Waals surface area contributed by atoms with Gasteiger partial charge in [0.05, 0.1) is 47.5 Å². The predicted molar refractivity (Wildman–Crippen MR) is 99.3 cm³/mol. The van der Waals surface area contributed by atoms with Gasteiger partial charge < -0.3 is 24.4 Å². The first-order valence-corrected chi connectivity index (χ1v) is 11.3. The Bertz CT molecular complexity index is 679. The molecule has 3 saturated carbocycles. The van der Waals surface area contributed by atoms with Crippen molar-refractivity contribution in [1.82, 2.24) is 0 Å². The van der Waals surface area contributed by atoms with Gasteiger partial charge in [-0.15, -0.1) is 0 Å². The van der Waals surface area contributed by atoms with Gasteiger partial charge in [-0.2, -0.15) is 0 Å². The summed E-state index contributed by atoms with van der Waals surface area (Å²) in [6.45, 7) is 0. The number of fused-ring (bicyclic) bond motifs is 3. The highest BCUT2D eigenvalue weighted by molar-refractivity contribution is 5.87. The van der Waals surface area contributed by atoms with Crippen molar-refractivity contribution in [2.45, 2.75) is 101 Å². The molecule has 0 spiro atoms. The molecule has 160 valence electrons. The number of rotatable bonds is 6. The molecule has 0 aromatic carbocycles. The molecule has 29 heavy (non-hydrogen) atoms. The highest BCUT2D eigenvalue weighted by Gasteiger charge is 2.71. The van der Waals surface area contributed by atoms with Crippen molar-refractivity contribution in [1.29, 1.82) is 0 Å². The molecule has 7 nitrogen and oxygen atoms in total. The summed E-state index contributed by atoms with van der Waals surface area (Å²) >= 11 is 0. The van der Waals surface area contributed by atoms with Crippen LogP contribution in [0.2, 0.25) is 0 Å². The summed E-state index contributed by atoms with van der Waals surface area (Å²) in [5.41, 5.74) is -2.52. The van der Waals surface area contributed by atoms with E-state index in [1.807, 2.05) is 0 Å². The van der Waals surface area contributed by atoms with Crippen LogP contribution >= 0.6 is 0 Å². The van der Waals surface area contributed by atoms with E-state index >= 15 is 0 Å². The Balaban J connectivity index is 1.33. The Morgan fingerprint density at radius 1 is 0.655 bits per heavy atom. The summed E-state index contributed by atoms with van der Waals surface area (Å²) < 4.78 is 17.1. The van der Waals surface area contributed by atoms with Crippen LogP contribution in [0.3, 0.4) is 0 Å². The molecule has 0 amide bonds. The highest BCUT2D eigenvalue weighted by atomic mass is 16.6. The number of carboxylic acid groups (broad SMARTS) is 2. The SMILES string of the molecule is O=C(O)C1(CC2CCC3OC3C2)CC2OC2CC1(CC1CCC2OC2C1)C(=O)O. The second-order valence-electron chi connectivity index (χ2n) is 10.6. The van der Waals surface area contributed by atoms with E-state index in [1.165, 1.54) is 0 Å². The van der Waals surface area contributed by atoms with Gasteiger partial charge in [-0.05, 0) is 76.0 Å². The third-order valence-corrected chi connectivity index (χ3v) is 9.02. The number of hydrogen-bond acceptors (Lipinski definition) is 5. The summed E-state index contributed by atoms with van der Waals surface area (Å²) in [5, 5.41) is 21.1. The molecule has 3 heterocycles. The van der Waals surface area contributed by atoms with Gasteiger partial charge in [-0.1, -0.05) is 0 Å². The monoisotopic (exact) mass is 406 g/mol. The van der Waals surface area contributed by atoms with Gasteiger partial charge in [0.1, 0.15) is 0 Å². The van der Waals surface area contributed by atoms with Crippen LogP contribution in [0.25, 0.3) is 0 Å². The second-order valence-corrected chi connectivity index (χ2v) is 10.6. The van der Waals surface area contributed by atoms with Crippen molar-refractivity contribution >= 4 is 11.9 Å². The molecule has 0 aromatic rings. The van der Waals surface area contributed by atoms with E-state index in [9.17, 15) is 19.8 Å². The molecule has 0 radical (unpaired) electrons. The quantitative estimate of drug-likeness (QED) is 0.652. The molecule has 6 rings (SSSR count). The van der Waals surface area contributed by atoms with E-state index < -0.39 is 22.8 Å². The number of hydrogen-bond donors (Lipinski definition) is 2. The van der Waals surface area contributed by atoms with Crippen LogP contribution < -0.4 is 0 Å². The smallest absolute Gasteiger partial charge is 0.310 e. The van der Waals surface area contributed by atoms with Crippen LogP contribution in [0.5, 0.6) is 0 Å². The van der Waals surface area contributed by atoms with Crippen molar-refractivity contribution in [3.8, 4) is 0 Å². The zero-order chi connectivity index (χ0) is 20.0. The number of aliphatic carboxylic acids is 2. The average molecular weight is 406 g/mol. The maximum Gasteiger partial charge on any atom is 0.310 e. The minimum Gasteiger partial charge on any atom is -0.481 e. The largest absolute Gasteiger partial charge is 0.481 e. The molecular formula is C22H30O7. The first-order chi connectivity index (χ1) is 13.9. The summed E-state index contributed by atoms with van der Waals surface area (Å²) in [5.74, 6) is -1.45. The average Bonchev–Trinajstić information content (AvgIpc) is 3.55. The fraction of sp³-hybridized carbons (Fsp3) is 0.909. The fourth-order valence-corrected chi connectivity index (χ4v) is 7.26. The minimum atomic E-state index is -1.26. The summed E-state index contributed by atoms with van der Waals surface area (Å²) in [6.07, 6.45) is 8.12. The van der Waals surface area contributed by atoms with Crippen molar-refractivity contribution in [3.05, 3.63) is 0 Å². The van der Waals surface area contributed by atoms with Crippen molar-refractivity contribution in [3.63, 3.8) is 0 Å². The summed E-state index contributed by atoms with van der Waals surface area (Å²) in [4.78, 5) is 25.7. The zero-order valence-corrected chi connectivity index (χ0v) is 16.6. The van der Waals surface area contributed by atoms with Gasteiger partial charge in [-0.25, -0.2) is 0 Å². The molecule has 6 aliphatic rings. The lowest BCUT2D eigenvalue weighted by atomic mass is 9.49. The van der Waals surface area contributed by atoms with Crippen LogP contribution in [-0.2, 0) is 23.8 Å². The van der Waals surface area contributed by atoms with Crippen molar-refractivity contribution in [2.75, 3.05) is 0 Å². The van der Waals surface area contributed by atoms with Crippen LogP contribution in [0.1, 0.15) is 64.2 Å². The molecule has 3 aliphatic heterocycles. The maximum atomic E-state index is 12.9. The molecule has 10 unspecified atom stereocenters. The third-order valence-electron chi connectivity index (χ3n) is 9.02. The van der Waals surface area contributed by atoms with Gasteiger partial charge in [0.15, 0.2) is 0 Å². The number of ether oxygens (including phenoxy) is 3. The van der Waals surface area contributed by atoms with Gasteiger partial charge in [0.2, 0.25) is 0 Å². The van der Waals surface area contributed by atoms with Crippen LogP contribution in [-0.4, -0.2) is 58.8 Å². The van der Waals surface area contributed by atoms with Crippen LogP contribution in [0.15, 0.2) is 0 Å². The van der Waals surface area contributed by atoms with Gasteiger partial charge >= 0.3 is 11.9 Å². The predicted octanol–water partition coefficient (Wildman–Crippen LogP) is 2.60. The lowest BCUT2D eigenvalue weighted by Crippen LogP contribution is -2.58. The Morgan fingerprint density at radius 3 is 1.45 bits per heavy atom. The van der Waals surface area contributed by atoms with E-state index in [0.717, 1.165) is 38.5 Å². The minimum absolute atomic E-state index is 0.0883. The number of carbonyl (C=O) groups is 2. The molecule has 6 fully saturated rings. The first kappa shape index (κ1) is 18.6. The highest BCUT2D eigenvalue weighted by Crippen LogP contribution is 2.64. The Labute approximate surface area is 170 Å². The van der Waals surface area contributed by atoms with Gasteiger partial charge in [0, 0.05) is 0 Å². The van der Waals surface area contributed by atoms with Crippen LogP contribution in [0.4, 0.5) is 0 Å². The Morgan fingerprint density at radius 2 is 1.07 bits per heavy atom. The molecule has 0 aromatic heterocycles. The molecule has 2 N–H and O–H groups in total. The molecule has 10 atom stereocenters. The first-order valence-electron chi connectivity index (χ1n) is 11.3. The summed E-state index contributed by atoms with van der Waals surface area (Å²) in [7, 11) is 0. The normalized spacial score (nSPS) is 54.5. The number of epoxide rings is 3. The van der Waals surface area contributed by atoms with E-state index in [0.29, 0.717) is 37.9 Å². The van der Waals surface area contributed by atoms with Gasteiger partial charge in [0.25, 0.3) is 0 Å².